The molecule has 0 aliphatic carbocycles. The second kappa shape index (κ2) is 9.96. The normalized spacial score (nSPS) is 11.9. The fourth-order valence-corrected chi connectivity index (χ4v) is 2.58. The minimum Gasteiger partial charge on any atom is -0.497 e. The summed E-state index contributed by atoms with van der Waals surface area (Å²) in [5.41, 5.74) is 1.93. The van der Waals surface area contributed by atoms with Gasteiger partial charge in [0.05, 0.1) is 18.6 Å². The van der Waals surface area contributed by atoms with Crippen LogP contribution in [0.25, 0.3) is 22.3 Å². The molecule has 0 spiro atoms. The number of ether oxygens (including phenoxy) is 1. The van der Waals surface area contributed by atoms with E-state index >= 15 is 0 Å². The molecule has 0 aliphatic heterocycles. The van der Waals surface area contributed by atoms with Gasteiger partial charge in [-0.05, 0) is 36.4 Å². The molecule has 8 heteroatoms. The van der Waals surface area contributed by atoms with Crippen molar-refractivity contribution in [2.24, 2.45) is 0 Å². The maximum atomic E-state index is 9.75. The molecule has 0 unspecified atom stereocenters. The summed E-state index contributed by atoms with van der Waals surface area (Å²) in [6, 6.07) is 18.1. The Bertz CT molecular complexity index is 947. The molecular formula is C20H22BF4NO2. The molecule has 0 amide bonds. The third-order valence-electron chi connectivity index (χ3n) is 3.89. The maximum Gasteiger partial charge on any atom is 0.673 e. The predicted molar refractivity (Wildman–Crippen MR) is 102 cm³/mol. The molecule has 3 nitrogen and oxygen atoms in total. The van der Waals surface area contributed by atoms with E-state index in [4.69, 9.17) is 9.15 Å². The van der Waals surface area contributed by atoms with Gasteiger partial charge in [0.15, 0.2) is 0 Å². The number of nitrogens with one attached hydrogen (secondary N) is 1. The highest BCUT2D eigenvalue weighted by Crippen LogP contribution is 2.23. The number of rotatable bonds is 5. The van der Waals surface area contributed by atoms with Crippen LogP contribution in [0.2, 0.25) is 0 Å². The van der Waals surface area contributed by atoms with Gasteiger partial charge in [0.25, 0.3) is 0 Å². The van der Waals surface area contributed by atoms with Crippen LogP contribution in [0.15, 0.2) is 59.0 Å². The Morgan fingerprint density at radius 3 is 2.25 bits per heavy atom. The standard InChI is InChI=1S/C20H21NO2.BF4/c1-3-4-13-21-18-14-20(15-9-11-16(22-2)12-10-15)23-19-8-6-5-7-17(18)19;2-1(3,4)5/h5-12,14H,3-4,13H2,1-2H3;/q;-1/p+1. The fourth-order valence-electron chi connectivity index (χ4n) is 2.58. The number of hydrogen-bond donors (Lipinski definition) is 1. The number of fused-ring (bicyclic) bond motifs is 1. The second-order valence-corrected chi connectivity index (χ2v) is 6.02. The van der Waals surface area contributed by atoms with E-state index in [0.717, 1.165) is 46.4 Å². The van der Waals surface area contributed by atoms with E-state index < -0.39 is 7.25 Å². The quantitative estimate of drug-likeness (QED) is 0.400. The number of methoxy groups -OCH3 is 1. The van der Waals surface area contributed by atoms with Crippen LogP contribution in [0.1, 0.15) is 19.8 Å². The van der Waals surface area contributed by atoms with E-state index in [2.05, 4.69) is 24.0 Å². The molecule has 1 N–H and O–H groups in total. The molecule has 0 bridgehead atoms. The molecule has 150 valence electrons. The van der Waals surface area contributed by atoms with Gasteiger partial charge in [-0.15, -0.1) is 0 Å². The Balaban J connectivity index is 0.000000500. The lowest BCUT2D eigenvalue weighted by Gasteiger charge is -2.04. The van der Waals surface area contributed by atoms with Crippen LogP contribution >= 0.6 is 0 Å². The number of halogens is 4. The zero-order valence-electron chi connectivity index (χ0n) is 15.7. The first-order chi connectivity index (χ1) is 13.3. The molecule has 0 atom stereocenters. The molecule has 3 rings (SSSR count). The topological polar surface area (TPSA) is 36.3 Å². The van der Waals surface area contributed by atoms with E-state index in [-0.39, 0.29) is 0 Å². The molecule has 0 radical (unpaired) electrons. The van der Waals surface area contributed by atoms with Crippen molar-refractivity contribution in [3.8, 4) is 17.1 Å². The minimum absolute atomic E-state index is 0.843. The van der Waals surface area contributed by atoms with Gasteiger partial charge in [0, 0.05) is 12.0 Å². The van der Waals surface area contributed by atoms with Gasteiger partial charge in [-0.1, -0.05) is 25.5 Å². The van der Waals surface area contributed by atoms with E-state index in [9.17, 15) is 17.3 Å². The van der Waals surface area contributed by atoms with Gasteiger partial charge < -0.3 is 26.4 Å². The fraction of sp³-hybridized carbons (Fsp3) is 0.250. The van der Waals surface area contributed by atoms with Crippen molar-refractivity contribution in [3.05, 3.63) is 60.0 Å². The maximum absolute atomic E-state index is 9.75. The van der Waals surface area contributed by atoms with Crippen LogP contribution in [0.5, 0.6) is 5.75 Å². The lowest BCUT2D eigenvalue weighted by molar-refractivity contribution is -0.499. The van der Waals surface area contributed by atoms with Crippen molar-refractivity contribution < 1.29 is 31.4 Å². The molecule has 2 aromatic carbocycles. The second-order valence-electron chi connectivity index (χ2n) is 6.02. The Labute approximate surface area is 160 Å². The summed E-state index contributed by atoms with van der Waals surface area (Å²) in [5, 5.41) is 2.23. The molecule has 0 aliphatic rings. The number of benzene rings is 2. The highest BCUT2D eigenvalue weighted by molar-refractivity contribution is 6.50. The number of para-hydroxylation sites is 1. The monoisotopic (exact) mass is 395 g/mol. The van der Waals surface area contributed by atoms with Gasteiger partial charge in [0.1, 0.15) is 23.6 Å². The van der Waals surface area contributed by atoms with Crippen LogP contribution in [0.3, 0.4) is 0 Å². The summed E-state index contributed by atoms with van der Waals surface area (Å²) in [6.45, 7) is 3.16. The van der Waals surface area contributed by atoms with Crippen molar-refractivity contribution >= 4 is 18.2 Å². The third kappa shape index (κ3) is 6.76. The van der Waals surface area contributed by atoms with Crippen LogP contribution in [-0.4, -0.2) is 20.9 Å². The molecule has 0 saturated carbocycles. The van der Waals surface area contributed by atoms with Crippen molar-refractivity contribution in [3.63, 3.8) is 0 Å². The first-order valence-electron chi connectivity index (χ1n) is 8.93. The minimum atomic E-state index is -6.00. The van der Waals surface area contributed by atoms with Gasteiger partial charge in [-0.3, -0.25) is 0 Å². The molecule has 1 heterocycles. The summed E-state index contributed by atoms with van der Waals surface area (Å²) in [7, 11) is -4.33. The van der Waals surface area contributed by atoms with Crippen LogP contribution in [0, 0.1) is 0 Å². The Hall–Kier alpha value is -2.77. The Morgan fingerprint density at radius 2 is 1.64 bits per heavy atom. The predicted octanol–water partition coefficient (Wildman–Crippen LogP) is 4.19. The number of unbranched alkanes of at least 4 members (excludes halogenated alkanes) is 1. The first-order valence-corrected chi connectivity index (χ1v) is 8.93. The van der Waals surface area contributed by atoms with Gasteiger partial charge in [-0.25, -0.2) is 4.99 Å². The first kappa shape index (κ1) is 21.5. The van der Waals surface area contributed by atoms with E-state index in [1.165, 1.54) is 6.42 Å². The summed E-state index contributed by atoms with van der Waals surface area (Å²) < 4.78 is 50.3. The lowest BCUT2D eigenvalue weighted by atomic mass is 10.1. The smallest absolute Gasteiger partial charge is 0.497 e. The largest absolute Gasteiger partial charge is 0.673 e. The molecule has 0 fully saturated rings. The average molecular weight is 395 g/mol. The summed E-state index contributed by atoms with van der Waals surface area (Å²) in [4.78, 5) is 3.54. The number of hydrogen-bond acceptors (Lipinski definition) is 2. The van der Waals surface area contributed by atoms with Crippen molar-refractivity contribution in [1.82, 2.24) is 0 Å². The van der Waals surface area contributed by atoms with Crippen LogP contribution < -0.4 is 15.1 Å². The SMILES string of the molecule is CCCC[NH+]=c1cc(-c2ccc(OC)cc2)oc2ccccc12.F[B-](F)(F)F. The summed E-state index contributed by atoms with van der Waals surface area (Å²) >= 11 is 0. The zero-order valence-corrected chi connectivity index (χ0v) is 15.7. The zero-order chi connectivity index (χ0) is 20.6. The Kier molecular flexibility index (Phi) is 7.66. The third-order valence-corrected chi connectivity index (χ3v) is 3.89. The van der Waals surface area contributed by atoms with E-state index in [1.807, 2.05) is 42.5 Å². The van der Waals surface area contributed by atoms with E-state index in [0.29, 0.717) is 0 Å². The molecule has 1 aromatic heterocycles. The lowest BCUT2D eigenvalue weighted by Crippen LogP contribution is -2.76. The van der Waals surface area contributed by atoms with Crippen molar-refractivity contribution in [2.75, 3.05) is 13.7 Å². The highest BCUT2D eigenvalue weighted by atomic mass is 19.5. The highest BCUT2D eigenvalue weighted by Gasteiger charge is 2.20. The van der Waals surface area contributed by atoms with E-state index in [1.54, 1.807) is 7.11 Å². The van der Waals surface area contributed by atoms with Gasteiger partial charge in [-0.2, -0.15) is 0 Å². The van der Waals surface area contributed by atoms with Gasteiger partial charge in [0.2, 0.25) is 5.36 Å². The molecule has 28 heavy (non-hydrogen) atoms. The average Bonchev–Trinajstić information content (AvgIpc) is 2.67. The van der Waals surface area contributed by atoms with Gasteiger partial charge >= 0.3 is 7.25 Å². The van der Waals surface area contributed by atoms with Crippen molar-refractivity contribution in [1.29, 1.82) is 0 Å². The Morgan fingerprint density at radius 1 is 1.00 bits per heavy atom. The van der Waals surface area contributed by atoms with Crippen molar-refractivity contribution in [2.45, 2.75) is 19.8 Å². The van der Waals surface area contributed by atoms with Crippen LogP contribution in [0.4, 0.5) is 17.3 Å². The van der Waals surface area contributed by atoms with Crippen LogP contribution in [-0.2, 0) is 0 Å². The molecule has 3 aromatic rings. The molecular weight excluding hydrogens is 373 g/mol. The summed E-state index contributed by atoms with van der Waals surface area (Å²) in [6.07, 6.45) is 2.33. The summed E-state index contributed by atoms with van der Waals surface area (Å²) in [5.74, 6) is 1.70. The molecule has 0 saturated heterocycles.